The van der Waals surface area contributed by atoms with Crippen LogP contribution in [-0.4, -0.2) is 36.1 Å². The van der Waals surface area contributed by atoms with E-state index in [0.29, 0.717) is 12.1 Å². The van der Waals surface area contributed by atoms with Crippen LogP contribution in [-0.2, 0) is 0 Å². The summed E-state index contributed by atoms with van der Waals surface area (Å²) in [5.41, 5.74) is 1.31. The number of likely N-dealkylation sites (N-methyl/N-ethyl adjacent to an activating group) is 1. The van der Waals surface area contributed by atoms with Gasteiger partial charge in [0, 0.05) is 30.5 Å². The molecule has 1 aromatic rings. The molecule has 3 nitrogen and oxygen atoms in total. The first-order valence-corrected chi connectivity index (χ1v) is 5.85. The number of hydrogen-bond acceptors (Lipinski definition) is 2. The number of nitrogens with one attached hydrogen (secondary N) is 2. The fourth-order valence-corrected chi connectivity index (χ4v) is 2.32. The largest absolute Gasteiger partial charge is 0.364 e. The van der Waals surface area contributed by atoms with Gasteiger partial charge in [-0.3, -0.25) is 4.90 Å². The molecule has 1 unspecified atom stereocenters. The monoisotopic (exact) mass is 243 g/mol. The molecule has 0 aromatic carbocycles. The van der Waals surface area contributed by atoms with Gasteiger partial charge >= 0.3 is 0 Å². The fraction of sp³-hybridized carbons (Fsp3) is 0.667. The van der Waals surface area contributed by atoms with Gasteiger partial charge in [-0.2, -0.15) is 0 Å². The lowest BCUT2D eigenvalue weighted by molar-refractivity contribution is 0.154. The second-order valence-corrected chi connectivity index (χ2v) is 4.47. The summed E-state index contributed by atoms with van der Waals surface area (Å²) in [5.74, 6) is 0. The maximum atomic E-state index is 3.46. The minimum Gasteiger partial charge on any atom is -0.364 e. The van der Waals surface area contributed by atoms with Crippen molar-refractivity contribution in [3.63, 3.8) is 0 Å². The maximum Gasteiger partial charge on any atom is 0.0470 e. The Bertz CT molecular complexity index is 280. The Morgan fingerprint density at radius 3 is 2.88 bits per heavy atom. The van der Waals surface area contributed by atoms with E-state index in [1.54, 1.807) is 0 Å². The molecule has 0 radical (unpaired) electrons. The molecule has 2 N–H and O–H groups in total. The third-order valence-corrected chi connectivity index (χ3v) is 3.53. The minimum atomic E-state index is 0. The molecule has 1 fully saturated rings. The summed E-state index contributed by atoms with van der Waals surface area (Å²) in [6.07, 6.45) is 4.61. The molecular weight excluding hydrogens is 222 g/mol. The molecule has 2 heterocycles. The Labute approximate surface area is 104 Å². The van der Waals surface area contributed by atoms with Gasteiger partial charge in [0.1, 0.15) is 0 Å². The number of halogens is 1. The number of nitrogens with zero attached hydrogens (tertiary/aromatic N) is 1. The lowest BCUT2D eigenvalue weighted by Crippen LogP contribution is -2.45. The van der Waals surface area contributed by atoms with Crippen LogP contribution in [0, 0.1) is 0 Å². The molecule has 1 aromatic heterocycles. The molecule has 1 aliphatic heterocycles. The Morgan fingerprint density at radius 1 is 1.50 bits per heavy atom. The van der Waals surface area contributed by atoms with Crippen molar-refractivity contribution in [2.45, 2.75) is 31.8 Å². The number of piperidine rings is 1. The molecule has 16 heavy (non-hydrogen) atoms. The maximum absolute atomic E-state index is 3.46. The molecule has 0 aliphatic carbocycles. The van der Waals surface area contributed by atoms with E-state index in [9.17, 15) is 0 Å². The Balaban J connectivity index is 0.00000128. The topological polar surface area (TPSA) is 31.1 Å². The van der Waals surface area contributed by atoms with Crippen LogP contribution >= 0.6 is 12.4 Å². The molecular formula is C12H22ClN3. The highest BCUT2D eigenvalue weighted by molar-refractivity contribution is 5.85. The van der Waals surface area contributed by atoms with Crippen molar-refractivity contribution in [2.24, 2.45) is 0 Å². The van der Waals surface area contributed by atoms with Gasteiger partial charge in [0.05, 0.1) is 0 Å². The van der Waals surface area contributed by atoms with E-state index in [1.807, 2.05) is 6.20 Å². The van der Waals surface area contributed by atoms with Crippen molar-refractivity contribution in [2.75, 3.05) is 20.1 Å². The van der Waals surface area contributed by atoms with Crippen LogP contribution in [0.15, 0.2) is 18.3 Å². The molecule has 0 bridgehead atoms. The van der Waals surface area contributed by atoms with E-state index in [-0.39, 0.29) is 12.4 Å². The van der Waals surface area contributed by atoms with E-state index in [2.05, 4.69) is 41.3 Å². The van der Waals surface area contributed by atoms with Gasteiger partial charge in [0.15, 0.2) is 0 Å². The van der Waals surface area contributed by atoms with E-state index >= 15 is 0 Å². The average Bonchev–Trinajstić information content (AvgIpc) is 2.82. The Hall–Kier alpha value is -0.510. The summed E-state index contributed by atoms with van der Waals surface area (Å²) in [7, 11) is 2.23. The van der Waals surface area contributed by atoms with Gasteiger partial charge in [-0.1, -0.05) is 0 Å². The van der Waals surface area contributed by atoms with Crippen LogP contribution in [0.2, 0.25) is 0 Å². The molecule has 0 spiro atoms. The highest BCUT2D eigenvalue weighted by Gasteiger charge is 2.22. The molecule has 1 saturated heterocycles. The summed E-state index contributed by atoms with van der Waals surface area (Å²) < 4.78 is 0. The highest BCUT2D eigenvalue weighted by Crippen LogP contribution is 2.21. The summed E-state index contributed by atoms with van der Waals surface area (Å²) in [6, 6.07) is 5.39. The van der Waals surface area contributed by atoms with Crippen molar-refractivity contribution >= 4 is 12.4 Å². The van der Waals surface area contributed by atoms with Crippen LogP contribution in [0.1, 0.15) is 31.5 Å². The van der Waals surface area contributed by atoms with E-state index in [4.69, 9.17) is 0 Å². The van der Waals surface area contributed by atoms with E-state index in [1.165, 1.54) is 25.1 Å². The predicted octanol–water partition coefficient (Wildman–Crippen LogP) is 2.18. The van der Waals surface area contributed by atoms with Crippen LogP contribution in [0.25, 0.3) is 0 Å². The quantitative estimate of drug-likeness (QED) is 0.853. The molecule has 0 amide bonds. The standard InChI is InChI=1S/C12H21N3.ClH/c1-10(12-6-4-8-14-12)15(2)11-5-3-7-13-9-11;/h4,6,8,10-11,13-14H,3,5,7,9H2,1-2H3;1H/t10?,11-;/m1./s1. The summed E-state index contributed by atoms with van der Waals surface area (Å²) >= 11 is 0. The lowest BCUT2D eigenvalue weighted by atomic mass is 10.0. The van der Waals surface area contributed by atoms with Crippen molar-refractivity contribution < 1.29 is 0 Å². The average molecular weight is 244 g/mol. The number of aromatic amines is 1. The second-order valence-electron chi connectivity index (χ2n) is 4.47. The second kappa shape index (κ2) is 6.28. The van der Waals surface area contributed by atoms with Gasteiger partial charge in [0.2, 0.25) is 0 Å². The molecule has 0 saturated carbocycles. The SMILES string of the molecule is CC(c1ccc[nH]1)N(C)[C@@H]1CCCNC1.Cl. The first-order chi connectivity index (χ1) is 7.29. The number of H-pyrrole nitrogens is 1. The predicted molar refractivity (Wildman–Crippen MR) is 70.1 cm³/mol. The fourth-order valence-electron chi connectivity index (χ4n) is 2.32. The van der Waals surface area contributed by atoms with Crippen LogP contribution < -0.4 is 5.32 Å². The van der Waals surface area contributed by atoms with Crippen LogP contribution in [0.4, 0.5) is 0 Å². The van der Waals surface area contributed by atoms with Gasteiger partial charge < -0.3 is 10.3 Å². The van der Waals surface area contributed by atoms with Crippen molar-refractivity contribution in [1.82, 2.24) is 15.2 Å². The van der Waals surface area contributed by atoms with E-state index in [0.717, 1.165) is 6.54 Å². The Kier molecular flexibility index (Phi) is 5.32. The summed E-state index contributed by atoms with van der Waals surface area (Å²) in [4.78, 5) is 5.77. The molecule has 2 rings (SSSR count). The zero-order valence-electron chi connectivity index (χ0n) is 10.1. The summed E-state index contributed by atoms with van der Waals surface area (Å²) in [5, 5.41) is 3.46. The van der Waals surface area contributed by atoms with E-state index < -0.39 is 0 Å². The van der Waals surface area contributed by atoms with Gasteiger partial charge in [0.25, 0.3) is 0 Å². The third-order valence-electron chi connectivity index (χ3n) is 3.53. The van der Waals surface area contributed by atoms with Gasteiger partial charge in [-0.25, -0.2) is 0 Å². The van der Waals surface area contributed by atoms with Crippen molar-refractivity contribution in [3.8, 4) is 0 Å². The smallest absolute Gasteiger partial charge is 0.0470 e. The normalized spacial score (nSPS) is 22.8. The van der Waals surface area contributed by atoms with Crippen LogP contribution in [0.3, 0.4) is 0 Å². The highest BCUT2D eigenvalue weighted by atomic mass is 35.5. The third kappa shape index (κ3) is 3.00. The molecule has 1 aliphatic rings. The number of aromatic nitrogens is 1. The lowest BCUT2D eigenvalue weighted by Gasteiger charge is -2.35. The van der Waals surface area contributed by atoms with Gasteiger partial charge in [-0.15, -0.1) is 12.4 Å². The van der Waals surface area contributed by atoms with Crippen molar-refractivity contribution in [3.05, 3.63) is 24.0 Å². The first-order valence-electron chi connectivity index (χ1n) is 5.85. The van der Waals surface area contributed by atoms with Crippen LogP contribution in [0.5, 0.6) is 0 Å². The minimum absolute atomic E-state index is 0. The first kappa shape index (κ1) is 13.6. The van der Waals surface area contributed by atoms with Gasteiger partial charge in [-0.05, 0) is 45.5 Å². The molecule has 2 atom stereocenters. The van der Waals surface area contributed by atoms with Crippen molar-refractivity contribution in [1.29, 1.82) is 0 Å². The Morgan fingerprint density at radius 2 is 2.31 bits per heavy atom. The zero-order chi connectivity index (χ0) is 10.7. The summed E-state index contributed by atoms with van der Waals surface area (Å²) in [6.45, 7) is 4.57. The molecule has 4 heteroatoms. The molecule has 92 valence electrons. The number of hydrogen-bond donors (Lipinski definition) is 2. The number of rotatable bonds is 3. The zero-order valence-corrected chi connectivity index (χ0v) is 10.9.